The molecule has 0 fully saturated rings. The Morgan fingerprint density at radius 1 is 1.55 bits per heavy atom. The molecule has 0 saturated carbocycles. The zero-order chi connectivity index (χ0) is 14.7. The SMILES string of the molecule is COc1ccc(Br)cc1-n1c(C)cnc1SCC(=O)O. The van der Waals surface area contributed by atoms with Crippen LogP contribution in [0.5, 0.6) is 5.75 Å². The maximum atomic E-state index is 10.7. The predicted molar refractivity (Wildman–Crippen MR) is 80.9 cm³/mol. The highest BCUT2D eigenvalue weighted by atomic mass is 79.9. The first-order valence-corrected chi connectivity index (χ1v) is 7.53. The molecular formula is C13H13BrN2O3S. The Morgan fingerprint density at radius 3 is 2.95 bits per heavy atom. The monoisotopic (exact) mass is 356 g/mol. The molecule has 0 radical (unpaired) electrons. The van der Waals surface area contributed by atoms with Crippen molar-refractivity contribution in [1.29, 1.82) is 0 Å². The van der Waals surface area contributed by atoms with Crippen molar-refractivity contribution in [3.8, 4) is 11.4 Å². The minimum Gasteiger partial charge on any atom is -0.495 e. The van der Waals surface area contributed by atoms with Crippen molar-refractivity contribution in [2.75, 3.05) is 12.9 Å². The van der Waals surface area contributed by atoms with Gasteiger partial charge in [0.1, 0.15) is 5.75 Å². The largest absolute Gasteiger partial charge is 0.495 e. The highest BCUT2D eigenvalue weighted by molar-refractivity contribution is 9.10. The third-order valence-corrected chi connectivity index (χ3v) is 4.04. The Morgan fingerprint density at radius 2 is 2.30 bits per heavy atom. The average molecular weight is 357 g/mol. The third-order valence-electron chi connectivity index (χ3n) is 2.61. The smallest absolute Gasteiger partial charge is 0.313 e. The minimum atomic E-state index is -0.872. The number of hydrogen-bond donors (Lipinski definition) is 1. The fourth-order valence-electron chi connectivity index (χ4n) is 1.77. The number of carboxylic acids is 1. The molecule has 2 aromatic rings. The summed E-state index contributed by atoms with van der Waals surface area (Å²) >= 11 is 4.61. The van der Waals surface area contributed by atoms with E-state index in [1.165, 1.54) is 11.8 Å². The molecule has 1 N–H and O–H groups in total. The van der Waals surface area contributed by atoms with Gasteiger partial charge in [-0.05, 0) is 25.1 Å². The number of imidazole rings is 1. The van der Waals surface area contributed by atoms with Crippen LogP contribution in [-0.2, 0) is 4.79 Å². The average Bonchev–Trinajstić information content (AvgIpc) is 2.77. The minimum absolute atomic E-state index is 0.0349. The fraction of sp³-hybridized carbons (Fsp3) is 0.231. The fourth-order valence-corrected chi connectivity index (χ4v) is 2.87. The number of carboxylic acid groups (broad SMARTS) is 1. The second-order valence-electron chi connectivity index (χ2n) is 4.02. The van der Waals surface area contributed by atoms with Crippen molar-refractivity contribution in [2.24, 2.45) is 0 Å². The quantitative estimate of drug-likeness (QED) is 0.833. The second kappa shape index (κ2) is 6.32. The van der Waals surface area contributed by atoms with Gasteiger partial charge in [0.2, 0.25) is 0 Å². The highest BCUT2D eigenvalue weighted by Crippen LogP contribution is 2.31. The van der Waals surface area contributed by atoms with E-state index in [4.69, 9.17) is 9.84 Å². The molecule has 1 aromatic carbocycles. The van der Waals surface area contributed by atoms with Crippen molar-refractivity contribution < 1.29 is 14.6 Å². The molecule has 0 aliphatic carbocycles. The molecule has 0 amide bonds. The zero-order valence-corrected chi connectivity index (χ0v) is 13.4. The van der Waals surface area contributed by atoms with Gasteiger partial charge >= 0.3 is 5.97 Å². The van der Waals surface area contributed by atoms with Crippen molar-refractivity contribution in [1.82, 2.24) is 9.55 Å². The van der Waals surface area contributed by atoms with Crippen LogP contribution in [0.3, 0.4) is 0 Å². The lowest BCUT2D eigenvalue weighted by Crippen LogP contribution is -2.04. The summed E-state index contributed by atoms with van der Waals surface area (Å²) in [5.74, 6) is -0.206. The topological polar surface area (TPSA) is 64.4 Å². The molecule has 7 heteroatoms. The van der Waals surface area contributed by atoms with Crippen LogP contribution in [0, 0.1) is 6.92 Å². The Kier molecular flexibility index (Phi) is 4.72. The lowest BCUT2D eigenvalue weighted by atomic mass is 10.3. The molecule has 1 aromatic heterocycles. The second-order valence-corrected chi connectivity index (χ2v) is 5.87. The van der Waals surface area contributed by atoms with Crippen molar-refractivity contribution >= 4 is 33.7 Å². The molecule has 0 atom stereocenters. The summed E-state index contributed by atoms with van der Waals surface area (Å²) in [6.45, 7) is 1.91. The lowest BCUT2D eigenvalue weighted by Gasteiger charge is -2.13. The Labute approximate surface area is 129 Å². The molecular weight excluding hydrogens is 344 g/mol. The number of carbonyl (C=O) groups is 1. The van der Waals surface area contributed by atoms with Gasteiger partial charge in [-0.1, -0.05) is 27.7 Å². The summed E-state index contributed by atoms with van der Waals surface area (Å²) < 4.78 is 8.16. The maximum absolute atomic E-state index is 10.7. The number of methoxy groups -OCH3 is 1. The van der Waals surface area contributed by atoms with Gasteiger partial charge < -0.3 is 9.84 Å². The number of rotatable bonds is 5. The van der Waals surface area contributed by atoms with E-state index in [2.05, 4.69) is 20.9 Å². The normalized spacial score (nSPS) is 10.6. The molecule has 1 heterocycles. The summed E-state index contributed by atoms with van der Waals surface area (Å²) in [4.78, 5) is 15.0. The molecule has 0 bridgehead atoms. The molecule has 5 nitrogen and oxygen atoms in total. The molecule has 0 aliphatic heterocycles. The standard InChI is InChI=1S/C13H13BrN2O3S/c1-8-6-15-13(20-7-12(17)18)16(8)10-5-9(14)3-4-11(10)19-2/h3-6H,7H2,1-2H3,(H,17,18). The lowest BCUT2D eigenvalue weighted by molar-refractivity contribution is -0.133. The highest BCUT2D eigenvalue weighted by Gasteiger charge is 2.15. The van der Waals surface area contributed by atoms with Crippen LogP contribution < -0.4 is 4.74 Å². The summed E-state index contributed by atoms with van der Waals surface area (Å²) in [6, 6.07) is 5.65. The van der Waals surface area contributed by atoms with E-state index in [0.29, 0.717) is 10.9 Å². The van der Waals surface area contributed by atoms with Gasteiger partial charge in [-0.15, -0.1) is 0 Å². The van der Waals surface area contributed by atoms with Gasteiger partial charge in [0.15, 0.2) is 5.16 Å². The first-order valence-electron chi connectivity index (χ1n) is 5.75. The van der Waals surface area contributed by atoms with E-state index in [1.54, 1.807) is 13.3 Å². The van der Waals surface area contributed by atoms with Crippen LogP contribution in [0.4, 0.5) is 0 Å². The third kappa shape index (κ3) is 3.16. The van der Waals surface area contributed by atoms with E-state index < -0.39 is 5.97 Å². The summed E-state index contributed by atoms with van der Waals surface area (Å²) in [7, 11) is 1.60. The van der Waals surface area contributed by atoms with Crippen molar-refractivity contribution in [2.45, 2.75) is 12.1 Å². The number of aryl methyl sites for hydroxylation is 1. The van der Waals surface area contributed by atoms with Crippen LogP contribution in [0.1, 0.15) is 5.69 Å². The molecule has 0 saturated heterocycles. The van der Waals surface area contributed by atoms with Gasteiger partial charge in [0.05, 0.1) is 18.6 Å². The van der Waals surface area contributed by atoms with Crippen molar-refractivity contribution in [3.05, 3.63) is 34.6 Å². The van der Waals surface area contributed by atoms with Crippen LogP contribution in [0.15, 0.2) is 34.0 Å². The van der Waals surface area contributed by atoms with Crippen molar-refractivity contribution in [3.63, 3.8) is 0 Å². The number of ether oxygens (including phenoxy) is 1. The molecule has 106 valence electrons. The van der Waals surface area contributed by atoms with Crippen LogP contribution >= 0.6 is 27.7 Å². The van der Waals surface area contributed by atoms with Crippen LogP contribution in [-0.4, -0.2) is 33.5 Å². The van der Waals surface area contributed by atoms with Crippen LogP contribution in [0.2, 0.25) is 0 Å². The molecule has 20 heavy (non-hydrogen) atoms. The Hall–Kier alpha value is -1.47. The number of thioether (sulfide) groups is 1. The number of aromatic nitrogens is 2. The number of benzene rings is 1. The van der Waals surface area contributed by atoms with E-state index >= 15 is 0 Å². The number of halogens is 1. The molecule has 0 spiro atoms. The summed E-state index contributed by atoms with van der Waals surface area (Å²) in [5.41, 5.74) is 1.74. The summed E-state index contributed by atoms with van der Waals surface area (Å²) in [6.07, 6.45) is 1.71. The molecule has 0 unspecified atom stereocenters. The van der Waals surface area contributed by atoms with Gasteiger partial charge in [-0.2, -0.15) is 0 Å². The summed E-state index contributed by atoms with van der Waals surface area (Å²) in [5, 5.41) is 9.42. The number of hydrogen-bond acceptors (Lipinski definition) is 4. The number of nitrogens with zero attached hydrogens (tertiary/aromatic N) is 2. The Bertz CT molecular complexity index is 643. The Balaban J connectivity index is 2.49. The zero-order valence-electron chi connectivity index (χ0n) is 11.0. The predicted octanol–water partition coefficient (Wildman–Crippen LogP) is 3.13. The molecule has 2 rings (SSSR count). The van der Waals surface area contributed by atoms with Gasteiger partial charge in [0.25, 0.3) is 0 Å². The van der Waals surface area contributed by atoms with E-state index in [-0.39, 0.29) is 5.75 Å². The maximum Gasteiger partial charge on any atom is 0.313 e. The van der Waals surface area contributed by atoms with E-state index in [9.17, 15) is 4.79 Å². The number of aliphatic carboxylic acids is 1. The van der Waals surface area contributed by atoms with Crippen LogP contribution in [0.25, 0.3) is 5.69 Å². The van der Waals surface area contributed by atoms with E-state index in [0.717, 1.165) is 15.9 Å². The first kappa shape index (κ1) is 14.9. The molecule has 0 aliphatic rings. The van der Waals surface area contributed by atoms with Gasteiger partial charge in [0, 0.05) is 16.4 Å². The van der Waals surface area contributed by atoms with Gasteiger partial charge in [-0.3, -0.25) is 9.36 Å². The van der Waals surface area contributed by atoms with E-state index in [1.807, 2.05) is 29.7 Å². The first-order chi connectivity index (χ1) is 9.52. The van der Waals surface area contributed by atoms with Gasteiger partial charge in [-0.25, -0.2) is 4.98 Å².